The van der Waals surface area contributed by atoms with E-state index in [2.05, 4.69) is 0 Å². The van der Waals surface area contributed by atoms with Crippen molar-refractivity contribution in [2.24, 2.45) is 0 Å². The van der Waals surface area contributed by atoms with E-state index in [4.69, 9.17) is 14.6 Å². The fourth-order valence-corrected chi connectivity index (χ4v) is 1.74. The molecule has 0 atom stereocenters. The molecule has 0 aliphatic rings. The van der Waals surface area contributed by atoms with Crippen molar-refractivity contribution in [3.8, 4) is 0 Å². The lowest BCUT2D eigenvalue weighted by Gasteiger charge is -1.97. The topological polar surface area (TPSA) is 87.7 Å². The maximum Gasteiger partial charge on any atom is 0.371 e. The summed E-state index contributed by atoms with van der Waals surface area (Å²) in [5.41, 5.74) is 1.34. The van der Waals surface area contributed by atoms with E-state index in [1.165, 1.54) is 24.5 Å². The van der Waals surface area contributed by atoms with Crippen LogP contribution < -0.4 is 0 Å². The Kier molecular flexibility index (Phi) is 4.18. The number of halogens is 1. The first-order valence-corrected chi connectivity index (χ1v) is 5.96. The Hall–Kier alpha value is -2.89. The molecule has 0 unspecified atom stereocenters. The largest absolute Gasteiger partial charge is 0.502 e. The van der Waals surface area contributed by atoms with Gasteiger partial charge in [0, 0.05) is 12.5 Å². The van der Waals surface area contributed by atoms with Crippen molar-refractivity contribution in [1.82, 2.24) is 0 Å². The number of ketones is 1. The summed E-state index contributed by atoms with van der Waals surface area (Å²) < 4.78 is 18.1. The summed E-state index contributed by atoms with van der Waals surface area (Å²) in [7, 11) is 0. The monoisotopic (exact) mass is 290 g/mol. The predicted molar refractivity (Wildman–Crippen MR) is 70.6 cm³/mol. The second kappa shape index (κ2) is 6.04. The highest BCUT2D eigenvalue weighted by molar-refractivity contribution is 6.06. The smallest absolute Gasteiger partial charge is 0.371 e. The molecule has 0 bridgehead atoms. The van der Waals surface area contributed by atoms with Gasteiger partial charge >= 0.3 is 5.97 Å². The fourth-order valence-electron chi connectivity index (χ4n) is 1.74. The molecule has 1 aromatic heterocycles. The van der Waals surface area contributed by atoms with Crippen molar-refractivity contribution in [2.75, 3.05) is 0 Å². The van der Waals surface area contributed by atoms with E-state index in [1.807, 2.05) is 0 Å². The van der Waals surface area contributed by atoms with Crippen LogP contribution in [0.3, 0.4) is 0 Å². The minimum Gasteiger partial charge on any atom is -0.502 e. The second-order valence-electron chi connectivity index (χ2n) is 4.32. The first-order valence-electron chi connectivity index (χ1n) is 5.96. The van der Waals surface area contributed by atoms with Crippen molar-refractivity contribution in [3.63, 3.8) is 0 Å². The molecule has 21 heavy (non-hydrogen) atoms. The molecular weight excluding hydrogens is 279 g/mol. The molecule has 0 amide bonds. The number of furan rings is 1. The van der Waals surface area contributed by atoms with Crippen LogP contribution in [0.1, 0.15) is 21.7 Å². The lowest BCUT2D eigenvalue weighted by Crippen LogP contribution is -2.03. The summed E-state index contributed by atoms with van der Waals surface area (Å²) in [6.45, 7) is 0. The molecule has 1 heterocycles. The SMILES string of the molecule is O=C(O)/C(O)=C/C(=O)c1cc(Cc2cccc(F)c2)co1. The molecule has 2 aromatic rings. The zero-order chi connectivity index (χ0) is 15.4. The highest BCUT2D eigenvalue weighted by atomic mass is 19.1. The zero-order valence-corrected chi connectivity index (χ0v) is 10.7. The summed E-state index contributed by atoms with van der Waals surface area (Å²) in [5, 5.41) is 17.5. The number of carbonyl (C=O) groups is 2. The summed E-state index contributed by atoms with van der Waals surface area (Å²) >= 11 is 0. The van der Waals surface area contributed by atoms with Crippen molar-refractivity contribution >= 4 is 11.8 Å². The molecule has 2 N–H and O–H groups in total. The Morgan fingerprint density at radius 2 is 1.95 bits per heavy atom. The summed E-state index contributed by atoms with van der Waals surface area (Å²) in [5.74, 6) is -3.89. The second-order valence-corrected chi connectivity index (χ2v) is 4.32. The van der Waals surface area contributed by atoms with Gasteiger partial charge < -0.3 is 14.6 Å². The van der Waals surface area contributed by atoms with Crippen LogP contribution in [-0.2, 0) is 11.2 Å². The van der Waals surface area contributed by atoms with Gasteiger partial charge in [0.1, 0.15) is 5.82 Å². The van der Waals surface area contributed by atoms with Crippen LogP contribution in [0.25, 0.3) is 0 Å². The molecule has 0 radical (unpaired) electrons. The average Bonchev–Trinajstić information content (AvgIpc) is 2.87. The standard InChI is InChI=1S/C15H11FO5/c16-11-3-1-2-9(5-11)4-10-6-14(21-8-10)12(17)7-13(18)15(19)20/h1-3,5-8,18H,4H2,(H,19,20)/b13-7-. The third-order valence-electron chi connectivity index (χ3n) is 2.68. The van der Waals surface area contributed by atoms with Crippen molar-refractivity contribution < 1.29 is 28.6 Å². The van der Waals surface area contributed by atoms with E-state index >= 15 is 0 Å². The molecule has 0 aliphatic carbocycles. The Bertz CT molecular complexity index is 714. The van der Waals surface area contributed by atoms with Gasteiger partial charge in [-0.2, -0.15) is 0 Å². The number of carboxylic acids is 1. The van der Waals surface area contributed by atoms with Gasteiger partial charge in [0.15, 0.2) is 5.76 Å². The Morgan fingerprint density at radius 1 is 1.19 bits per heavy atom. The Labute approximate surface area is 118 Å². The maximum atomic E-state index is 13.1. The van der Waals surface area contributed by atoms with Gasteiger partial charge in [-0.25, -0.2) is 9.18 Å². The number of carboxylic acid groups (broad SMARTS) is 1. The van der Waals surface area contributed by atoms with Crippen LogP contribution in [0.15, 0.2) is 52.8 Å². The number of carbonyl (C=O) groups excluding carboxylic acids is 1. The minimum atomic E-state index is -1.60. The molecule has 1 aromatic carbocycles. The van der Waals surface area contributed by atoms with E-state index in [0.717, 1.165) is 0 Å². The molecule has 0 fully saturated rings. The first-order chi connectivity index (χ1) is 9.95. The van der Waals surface area contributed by atoms with Crippen LogP contribution in [0.2, 0.25) is 0 Å². The highest BCUT2D eigenvalue weighted by Gasteiger charge is 2.13. The number of rotatable bonds is 5. The first kappa shape index (κ1) is 14.5. The van der Waals surface area contributed by atoms with E-state index in [1.54, 1.807) is 12.1 Å². The fraction of sp³-hybridized carbons (Fsp3) is 0.0667. The van der Waals surface area contributed by atoms with Crippen molar-refractivity contribution in [3.05, 3.63) is 71.1 Å². The van der Waals surface area contributed by atoms with Crippen molar-refractivity contribution in [1.29, 1.82) is 0 Å². The molecule has 5 nitrogen and oxygen atoms in total. The number of hydrogen-bond donors (Lipinski definition) is 2. The maximum absolute atomic E-state index is 13.1. The lowest BCUT2D eigenvalue weighted by molar-refractivity contribution is -0.135. The zero-order valence-electron chi connectivity index (χ0n) is 10.7. The van der Waals surface area contributed by atoms with Crippen LogP contribution in [-0.4, -0.2) is 22.0 Å². The van der Waals surface area contributed by atoms with Gasteiger partial charge in [-0.1, -0.05) is 12.1 Å². The third kappa shape index (κ3) is 3.79. The van der Waals surface area contributed by atoms with Crippen LogP contribution in [0.4, 0.5) is 4.39 Å². The summed E-state index contributed by atoms with van der Waals surface area (Å²) in [4.78, 5) is 22.0. The normalized spacial score (nSPS) is 11.4. The van der Waals surface area contributed by atoms with E-state index in [9.17, 15) is 14.0 Å². The van der Waals surface area contributed by atoms with Crippen LogP contribution in [0.5, 0.6) is 0 Å². The van der Waals surface area contributed by atoms with Gasteiger partial charge in [0.25, 0.3) is 0 Å². The van der Waals surface area contributed by atoms with Gasteiger partial charge in [-0.15, -0.1) is 0 Å². The van der Waals surface area contributed by atoms with E-state index in [0.29, 0.717) is 23.6 Å². The molecule has 0 aliphatic heterocycles. The number of aliphatic hydroxyl groups excluding tert-OH is 1. The number of benzene rings is 1. The Morgan fingerprint density at radius 3 is 2.62 bits per heavy atom. The highest BCUT2D eigenvalue weighted by Crippen LogP contribution is 2.15. The van der Waals surface area contributed by atoms with Crippen molar-refractivity contribution in [2.45, 2.75) is 6.42 Å². The van der Waals surface area contributed by atoms with Crippen LogP contribution in [0, 0.1) is 5.82 Å². The molecule has 2 rings (SSSR count). The van der Waals surface area contributed by atoms with E-state index in [-0.39, 0.29) is 11.6 Å². The quantitative estimate of drug-likeness (QED) is 0.502. The van der Waals surface area contributed by atoms with E-state index < -0.39 is 17.5 Å². The number of allylic oxidation sites excluding steroid dienone is 1. The molecule has 0 saturated heterocycles. The van der Waals surface area contributed by atoms with Crippen LogP contribution >= 0.6 is 0 Å². The predicted octanol–water partition coefficient (Wildman–Crippen LogP) is 2.72. The molecular formula is C15H11FO5. The number of hydrogen-bond acceptors (Lipinski definition) is 4. The third-order valence-corrected chi connectivity index (χ3v) is 2.68. The summed E-state index contributed by atoms with van der Waals surface area (Å²) in [6, 6.07) is 7.41. The Balaban J connectivity index is 2.13. The molecule has 0 saturated carbocycles. The molecule has 6 heteroatoms. The average molecular weight is 290 g/mol. The lowest BCUT2D eigenvalue weighted by atomic mass is 10.1. The van der Waals surface area contributed by atoms with Gasteiger partial charge in [-0.05, 0) is 29.3 Å². The summed E-state index contributed by atoms with van der Waals surface area (Å²) in [6.07, 6.45) is 2.25. The number of aliphatic carboxylic acids is 1. The molecule has 0 spiro atoms. The van der Waals surface area contributed by atoms with Gasteiger partial charge in [0.2, 0.25) is 11.5 Å². The van der Waals surface area contributed by atoms with Gasteiger partial charge in [0.05, 0.1) is 6.26 Å². The minimum absolute atomic E-state index is 0.103. The number of aliphatic hydroxyl groups is 1. The van der Waals surface area contributed by atoms with Gasteiger partial charge in [-0.3, -0.25) is 4.79 Å². The molecule has 108 valence electrons.